The molecule has 94 valence electrons. The predicted octanol–water partition coefficient (Wildman–Crippen LogP) is 2.79. The van der Waals surface area contributed by atoms with Gasteiger partial charge in [-0.2, -0.15) is 0 Å². The van der Waals surface area contributed by atoms with Gasteiger partial charge in [-0.15, -0.1) is 0 Å². The van der Waals surface area contributed by atoms with E-state index >= 15 is 0 Å². The molecular weight excluding hydrogens is 238 g/mol. The number of nitrogens with one attached hydrogen (secondary N) is 2. The molecule has 0 fully saturated rings. The normalized spacial score (nSPS) is 10.3. The molecule has 0 radical (unpaired) electrons. The molecule has 0 atom stereocenters. The fraction of sp³-hybridized carbons (Fsp3) is 0.0769. The van der Waals surface area contributed by atoms with Crippen LogP contribution in [0.3, 0.4) is 0 Å². The Kier molecular flexibility index (Phi) is 3.74. The number of phenols is 1. The van der Waals surface area contributed by atoms with Crippen molar-refractivity contribution in [3.63, 3.8) is 0 Å². The zero-order valence-corrected chi connectivity index (χ0v) is 9.45. The average molecular weight is 250 g/mol. The first-order valence-electron chi connectivity index (χ1n) is 5.38. The molecule has 3 nitrogen and oxygen atoms in total. The summed E-state index contributed by atoms with van der Waals surface area (Å²) in [6.07, 6.45) is 0. The molecule has 0 unspecified atom stereocenters. The van der Waals surface area contributed by atoms with Crippen LogP contribution in [-0.2, 0) is 6.54 Å². The quantitative estimate of drug-likeness (QED) is 0.731. The van der Waals surface area contributed by atoms with Crippen LogP contribution in [0.1, 0.15) is 5.56 Å². The summed E-state index contributed by atoms with van der Waals surface area (Å²) in [4.78, 5) is 0. The van der Waals surface area contributed by atoms with E-state index in [9.17, 15) is 13.9 Å². The molecule has 5 heteroatoms. The number of aromatic hydroxyl groups is 1. The standard InChI is InChI=1S/C13H12F2N2O/c14-11-6-7-12(18)10(13(11)15)8-16-17-9-4-2-1-3-5-9/h1-7,16-18H,8H2. The van der Waals surface area contributed by atoms with E-state index in [1.807, 2.05) is 30.3 Å². The number of hydrazine groups is 1. The lowest BCUT2D eigenvalue weighted by molar-refractivity contribution is 0.438. The second kappa shape index (κ2) is 5.46. The highest BCUT2D eigenvalue weighted by atomic mass is 19.2. The second-order valence-electron chi connectivity index (χ2n) is 3.70. The number of halogens is 2. The number of phenolic OH excluding ortho intramolecular Hbond substituents is 1. The van der Waals surface area contributed by atoms with E-state index in [2.05, 4.69) is 10.9 Å². The molecule has 2 rings (SSSR count). The minimum Gasteiger partial charge on any atom is -0.508 e. The fourth-order valence-electron chi connectivity index (χ4n) is 1.51. The lowest BCUT2D eigenvalue weighted by Crippen LogP contribution is -2.21. The smallest absolute Gasteiger partial charge is 0.167 e. The molecule has 2 aromatic rings. The molecule has 0 aliphatic rings. The average Bonchev–Trinajstić information content (AvgIpc) is 2.39. The van der Waals surface area contributed by atoms with Gasteiger partial charge in [-0.25, -0.2) is 14.2 Å². The molecule has 0 aliphatic heterocycles. The Labute approximate surface area is 103 Å². The van der Waals surface area contributed by atoms with Crippen molar-refractivity contribution >= 4 is 5.69 Å². The van der Waals surface area contributed by atoms with Gasteiger partial charge in [-0.1, -0.05) is 18.2 Å². The molecule has 18 heavy (non-hydrogen) atoms. The van der Waals surface area contributed by atoms with Gasteiger partial charge in [-0.3, -0.25) is 0 Å². The molecule has 0 saturated heterocycles. The lowest BCUT2D eigenvalue weighted by atomic mass is 10.2. The number of rotatable bonds is 4. The van der Waals surface area contributed by atoms with Crippen LogP contribution in [-0.4, -0.2) is 5.11 Å². The van der Waals surface area contributed by atoms with Crippen LogP contribution in [0.15, 0.2) is 42.5 Å². The summed E-state index contributed by atoms with van der Waals surface area (Å²) in [5.41, 5.74) is 6.20. The minimum absolute atomic E-state index is 0.0374. The summed E-state index contributed by atoms with van der Waals surface area (Å²) < 4.78 is 26.4. The van der Waals surface area contributed by atoms with Crippen molar-refractivity contribution < 1.29 is 13.9 Å². The van der Waals surface area contributed by atoms with Crippen molar-refractivity contribution in [3.8, 4) is 5.75 Å². The van der Waals surface area contributed by atoms with Gasteiger partial charge < -0.3 is 10.5 Å². The first-order valence-corrected chi connectivity index (χ1v) is 5.38. The molecule has 0 aliphatic carbocycles. The Balaban J connectivity index is 2.01. The molecule has 0 heterocycles. The molecule has 0 amide bonds. The van der Waals surface area contributed by atoms with Crippen LogP contribution in [0.5, 0.6) is 5.75 Å². The third kappa shape index (κ3) is 2.75. The fourth-order valence-corrected chi connectivity index (χ4v) is 1.51. The van der Waals surface area contributed by atoms with Crippen LogP contribution in [0, 0.1) is 11.6 Å². The van der Waals surface area contributed by atoms with Gasteiger partial charge in [0.15, 0.2) is 11.6 Å². The maximum absolute atomic E-state index is 13.4. The van der Waals surface area contributed by atoms with Crippen LogP contribution in [0.25, 0.3) is 0 Å². The number of hydrogen-bond acceptors (Lipinski definition) is 3. The summed E-state index contributed by atoms with van der Waals surface area (Å²) in [7, 11) is 0. The number of anilines is 1. The van der Waals surface area contributed by atoms with Gasteiger partial charge in [0.1, 0.15) is 5.75 Å². The summed E-state index contributed by atoms with van der Waals surface area (Å²) in [6.45, 7) is -0.0374. The van der Waals surface area contributed by atoms with E-state index < -0.39 is 11.6 Å². The Bertz CT molecular complexity index is 532. The zero-order valence-electron chi connectivity index (χ0n) is 9.45. The monoisotopic (exact) mass is 250 g/mol. The predicted molar refractivity (Wildman–Crippen MR) is 64.9 cm³/mol. The van der Waals surface area contributed by atoms with Crippen LogP contribution < -0.4 is 10.9 Å². The Morgan fingerprint density at radius 2 is 1.72 bits per heavy atom. The maximum Gasteiger partial charge on any atom is 0.167 e. The molecule has 0 aromatic heterocycles. The SMILES string of the molecule is Oc1ccc(F)c(F)c1CNNc1ccccc1. The van der Waals surface area contributed by atoms with E-state index in [1.54, 1.807) is 0 Å². The third-order valence-corrected chi connectivity index (χ3v) is 2.44. The highest BCUT2D eigenvalue weighted by molar-refractivity contribution is 5.41. The van der Waals surface area contributed by atoms with Crippen molar-refractivity contribution in [3.05, 3.63) is 59.7 Å². The Hall–Kier alpha value is -2.14. The van der Waals surface area contributed by atoms with Gasteiger partial charge in [-0.05, 0) is 24.3 Å². The van der Waals surface area contributed by atoms with Crippen LogP contribution in [0.2, 0.25) is 0 Å². The molecule has 3 N–H and O–H groups in total. The summed E-state index contributed by atoms with van der Waals surface area (Å²) in [5.74, 6) is -2.31. The van der Waals surface area contributed by atoms with E-state index in [0.717, 1.165) is 17.8 Å². The first-order chi connectivity index (χ1) is 8.68. The Morgan fingerprint density at radius 3 is 2.44 bits per heavy atom. The molecule has 0 spiro atoms. The lowest BCUT2D eigenvalue weighted by Gasteiger charge is -2.10. The molecule has 0 saturated carbocycles. The summed E-state index contributed by atoms with van der Waals surface area (Å²) in [6, 6.07) is 11.2. The number of para-hydroxylation sites is 1. The Morgan fingerprint density at radius 1 is 1.00 bits per heavy atom. The topological polar surface area (TPSA) is 44.3 Å². The third-order valence-electron chi connectivity index (χ3n) is 2.44. The number of benzene rings is 2. The second-order valence-corrected chi connectivity index (χ2v) is 3.70. The maximum atomic E-state index is 13.4. The van der Waals surface area contributed by atoms with E-state index in [1.165, 1.54) is 0 Å². The van der Waals surface area contributed by atoms with E-state index in [-0.39, 0.29) is 17.9 Å². The van der Waals surface area contributed by atoms with Gasteiger partial charge in [0.05, 0.1) is 0 Å². The summed E-state index contributed by atoms with van der Waals surface area (Å²) >= 11 is 0. The first kappa shape index (κ1) is 12.3. The van der Waals surface area contributed by atoms with Crippen molar-refractivity contribution in [1.29, 1.82) is 0 Å². The molecular formula is C13H12F2N2O. The van der Waals surface area contributed by atoms with Crippen molar-refractivity contribution in [1.82, 2.24) is 5.43 Å². The van der Waals surface area contributed by atoms with E-state index in [4.69, 9.17) is 0 Å². The van der Waals surface area contributed by atoms with Crippen molar-refractivity contribution in [2.75, 3.05) is 5.43 Å². The highest BCUT2D eigenvalue weighted by Gasteiger charge is 2.12. The highest BCUT2D eigenvalue weighted by Crippen LogP contribution is 2.22. The molecule has 0 bridgehead atoms. The van der Waals surface area contributed by atoms with Gasteiger partial charge >= 0.3 is 0 Å². The van der Waals surface area contributed by atoms with Gasteiger partial charge in [0.2, 0.25) is 0 Å². The molecule has 2 aromatic carbocycles. The van der Waals surface area contributed by atoms with Gasteiger partial charge in [0.25, 0.3) is 0 Å². The zero-order chi connectivity index (χ0) is 13.0. The van der Waals surface area contributed by atoms with Crippen molar-refractivity contribution in [2.24, 2.45) is 0 Å². The van der Waals surface area contributed by atoms with Crippen LogP contribution in [0.4, 0.5) is 14.5 Å². The number of hydrogen-bond donors (Lipinski definition) is 3. The van der Waals surface area contributed by atoms with E-state index in [0.29, 0.717) is 0 Å². The largest absolute Gasteiger partial charge is 0.508 e. The summed E-state index contributed by atoms with van der Waals surface area (Å²) in [5, 5.41) is 9.44. The van der Waals surface area contributed by atoms with Crippen LogP contribution >= 0.6 is 0 Å². The minimum atomic E-state index is -1.04. The van der Waals surface area contributed by atoms with Gasteiger partial charge in [0, 0.05) is 17.8 Å². The van der Waals surface area contributed by atoms with Crippen molar-refractivity contribution in [2.45, 2.75) is 6.54 Å².